The highest BCUT2D eigenvalue weighted by Gasteiger charge is 2.39. The maximum absolute atomic E-state index is 12.6. The van der Waals surface area contributed by atoms with Gasteiger partial charge in [0.1, 0.15) is 4.21 Å². The Morgan fingerprint density at radius 2 is 1.89 bits per heavy atom. The Balaban J connectivity index is 1.45. The van der Waals surface area contributed by atoms with Gasteiger partial charge in [-0.2, -0.15) is 4.31 Å². The summed E-state index contributed by atoms with van der Waals surface area (Å²) < 4.78 is 27.1. The predicted octanol–water partition coefficient (Wildman–Crippen LogP) is 0.133. The lowest BCUT2D eigenvalue weighted by molar-refractivity contribution is -0.902. The molecule has 1 aromatic heterocycles. The first-order valence-corrected chi connectivity index (χ1v) is 11.0. The van der Waals surface area contributed by atoms with E-state index in [0.717, 1.165) is 10.5 Å². The zero-order valence-corrected chi connectivity index (χ0v) is 16.5. The van der Waals surface area contributed by atoms with E-state index in [4.69, 9.17) is 0 Å². The van der Waals surface area contributed by atoms with E-state index in [2.05, 4.69) is 0 Å². The van der Waals surface area contributed by atoms with E-state index >= 15 is 0 Å². The molecule has 7 nitrogen and oxygen atoms in total. The van der Waals surface area contributed by atoms with E-state index in [0.29, 0.717) is 48.3 Å². The minimum Gasteiger partial charge on any atom is -0.315 e. The van der Waals surface area contributed by atoms with Crippen molar-refractivity contribution < 1.29 is 22.9 Å². The highest BCUT2D eigenvalue weighted by molar-refractivity contribution is 7.91. The van der Waals surface area contributed by atoms with E-state index in [1.807, 2.05) is 19.1 Å². The number of piperazine rings is 1. The third kappa shape index (κ3) is 3.20. The smallest absolute Gasteiger partial charge is 0.303 e. The third-order valence-electron chi connectivity index (χ3n) is 5.03. The fourth-order valence-corrected chi connectivity index (χ4v) is 6.12. The van der Waals surface area contributed by atoms with Gasteiger partial charge >= 0.3 is 5.91 Å². The monoisotopic (exact) mass is 406 g/mol. The summed E-state index contributed by atoms with van der Waals surface area (Å²) in [4.78, 5) is 27.2. The first-order valence-electron chi connectivity index (χ1n) is 8.72. The zero-order valence-electron chi connectivity index (χ0n) is 14.8. The number of carbonyl (C=O) groups excluding carboxylic acids is 2. The van der Waals surface area contributed by atoms with Crippen molar-refractivity contribution >= 4 is 38.7 Å². The number of carbonyl (C=O) groups is 2. The molecule has 0 bridgehead atoms. The second-order valence-electron chi connectivity index (χ2n) is 6.83. The Kier molecular flexibility index (Phi) is 4.63. The molecule has 2 aliphatic rings. The molecular formula is C18H20N3O4S2+. The summed E-state index contributed by atoms with van der Waals surface area (Å²) in [5, 5.41) is 1.75. The van der Waals surface area contributed by atoms with Crippen molar-refractivity contribution in [2.75, 3.05) is 37.7 Å². The highest BCUT2D eigenvalue weighted by Crippen LogP contribution is 2.28. The summed E-state index contributed by atoms with van der Waals surface area (Å²) >= 11 is 1.22. The van der Waals surface area contributed by atoms with Gasteiger partial charge in [0.2, 0.25) is 0 Å². The third-order valence-corrected chi connectivity index (χ3v) is 8.30. The molecule has 4 rings (SSSR count). The highest BCUT2D eigenvalue weighted by atomic mass is 32.2. The van der Waals surface area contributed by atoms with E-state index in [1.54, 1.807) is 23.6 Å². The zero-order chi connectivity index (χ0) is 19.2. The summed E-state index contributed by atoms with van der Waals surface area (Å²) in [5.41, 5.74) is 2.05. The van der Waals surface area contributed by atoms with E-state index in [-0.39, 0.29) is 0 Å². The van der Waals surface area contributed by atoms with Crippen LogP contribution in [0.2, 0.25) is 0 Å². The topological polar surface area (TPSA) is 79.2 Å². The van der Waals surface area contributed by atoms with Gasteiger partial charge in [-0.15, -0.1) is 11.3 Å². The number of hydrogen-bond acceptors (Lipinski definition) is 5. The molecule has 3 heterocycles. The number of nitrogens with zero attached hydrogens (tertiary/aromatic N) is 2. The molecule has 1 amide bonds. The van der Waals surface area contributed by atoms with Crippen molar-refractivity contribution in [3.8, 4) is 0 Å². The molecule has 0 spiro atoms. The Morgan fingerprint density at radius 3 is 2.56 bits per heavy atom. The number of anilines is 1. The number of nitrogens with one attached hydrogen (secondary N) is 1. The molecule has 2 aromatic rings. The molecule has 0 aliphatic carbocycles. The lowest BCUT2D eigenvalue weighted by Crippen LogP contribution is -3.16. The first-order chi connectivity index (χ1) is 12.9. The largest absolute Gasteiger partial charge is 0.315 e. The van der Waals surface area contributed by atoms with E-state index in [1.165, 1.54) is 20.5 Å². The molecule has 1 aromatic carbocycles. The van der Waals surface area contributed by atoms with Gasteiger partial charge in [0, 0.05) is 0 Å². The van der Waals surface area contributed by atoms with Crippen molar-refractivity contribution in [1.82, 2.24) is 4.31 Å². The fourth-order valence-electron chi connectivity index (χ4n) is 3.53. The molecule has 0 radical (unpaired) electrons. The Morgan fingerprint density at radius 1 is 1.15 bits per heavy atom. The first kappa shape index (κ1) is 18.3. The van der Waals surface area contributed by atoms with Crippen LogP contribution in [0.3, 0.4) is 0 Å². The van der Waals surface area contributed by atoms with Crippen LogP contribution in [0.5, 0.6) is 0 Å². The standard InChI is InChI=1S/C18H19N3O4S2/c1-13-4-5-15-14(11-13)17(22)18(23)21(15)12-19-6-8-20(9-7-19)27(24,25)16-3-2-10-26-16/h2-5,10-11H,6-9,12H2,1H3/p+1. The number of thiophene rings is 1. The minimum atomic E-state index is -3.44. The molecule has 0 atom stereocenters. The van der Waals surface area contributed by atoms with Gasteiger partial charge in [0.05, 0.1) is 37.4 Å². The average Bonchev–Trinajstić information content (AvgIpc) is 3.27. The van der Waals surface area contributed by atoms with Crippen LogP contribution in [0.15, 0.2) is 39.9 Å². The quantitative estimate of drug-likeness (QED) is 0.733. The van der Waals surface area contributed by atoms with Crippen LogP contribution in [0.25, 0.3) is 0 Å². The molecule has 142 valence electrons. The Hall–Kier alpha value is -2.07. The van der Waals surface area contributed by atoms with Gasteiger partial charge in [0.25, 0.3) is 15.8 Å². The maximum atomic E-state index is 12.6. The van der Waals surface area contributed by atoms with Crippen molar-refractivity contribution in [3.05, 3.63) is 46.8 Å². The van der Waals surface area contributed by atoms with Gasteiger partial charge in [-0.1, -0.05) is 17.7 Å². The molecule has 2 aliphatic heterocycles. The van der Waals surface area contributed by atoms with Gasteiger partial charge in [0.15, 0.2) is 6.67 Å². The minimum absolute atomic E-state index is 0.357. The molecule has 9 heteroatoms. The summed E-state index contributed by atoms with van der Waals surface area (Å²) in [6.07, 6.45) is 0. The number of aryl methyl sites for hydroxylation is 1. The van der Waals surface area contributed by atoms with Crippen LogP contribution >= 0.6 is 11.3 Å². The van der Waals surface area contributed by atoms with Crippen LogP contribution in [0.1, 0.15) is 15.9 Å². The maximum Gasteiger partial charge on any atom is 0.303 e. The number of fused-ring (bicyclic) bond motifs is 1. The fraction of sp³-hybridized carbons (Fsp3) is 0.333. The second kappa shape index (κ2) is 6.83. The summed E-state index contributed by atoms with van der Waals surface area (Å²) in [5.74, 6) is -0.969. The number of quaternary nitrogens is 1. The number of amides is 1. The Bertz CT molecular complexity index is 994. The van der Waals surface area contributed by atoms with Gasteiger partial charge in [-0.25, -0.2) is 8.42 Å². The average molecular weight is 407 g/mol. The van der Waals surface area contributed by atoms with Crippen LogP contribution in [-0.4, -0.2) is 57.3 Å². The van der Waals surface area contributed by atoms with Crippen molar-refractivity contribution in [2.24, 2.45) is 0 Å². The van der Waals surface area contributed by atoms with Crippen LogP contribution < -0.4 is 9.80 Å². The van der Waals surface area contributed by atoms with Gasteiger partial charge < -0.3 is 4.90 Å². The molecule has 27 heavy (non-hydrogen) atoms. The van der Waals surface area contributed by atoms with E-state index in [9.17, 15) is 18.0 Å². The Labute approximate surface area is 161 Å². The van der Waals surface area contributed by atoms with Gasteiger partial charge in [-0.3, -0.25) is 14.5 Å². The number of benzene rings is 1. The van der Waals surface area contributed by atoms with Crippen molar-refractivity contribution in [2.45, 2.75) is 11.1 Å². The van der Waals surface area contributed by atoms with Crippen LogP contribution in [0, 0.1) is 6.92 Å². The molecule has 1 fully saturated rings. The summed E-state index contributed by atoms with van der Waals surface area (Å²) in [6.45, 7) is 4.22. The molecule has 1 saturated heterocycles. The number of rotatable bonds is 4. The lowest BCUT2D eigenvalue weighted by atomic mass is 10.1. The van der Waals surface area contributed by atoms with Crippen molar-refractivity contribution in [1.29, 1.82) is 0 Å². The number of ketones is 1. The lowest BCUT2D eigenvalue weighted by Gasteiger charge is -2.33. The number of sulfonamides is 1. The second-order valence-corrected chi connectivity index (χ2v) is 9.94. The van der Waals surface area contributed by atoms with Crippen LogP contribution in [0.4, 0.5) is 5.69 Å². The number of Topliss-reactive ketones (excluding diaryl/α,β-unsaturated/α-hetero) is 1. The van der Waals surface area contributed by atoms with E-state index < -0.39 is 21.7 Å². The normalized spacial score (nSPS) is 18.9. The summed E-state index contributed by atoms with van der Waals surface area (Å²) in [7, 11) is -3.44. The molecule has 0 unspecified atom stereocenters. The molecule has 0 saturated carbocycles. The SMILES string of the molecule is Cc1ccc2c(c1)C(=O)C(=O)N2C[NH+]1CCN(S(=O)(=O)c2cccs2)CC1. The van der Waals surface area contributed by atoms with Crippen LogP contribution in [-0.2, 0) is 14.8 Å². The number of hydrogen-bond donors (Lipinski definition) is 1. The predicted molar refractivity (Wildman–Crippen MR) is 102 cm³/mol. The summed E-state index contributed by atoms with van der Waals surface area (Å²) in [6, 6.07) is 8.79. The molecular weight excluding hydrogens is 386 g/mol. The van der Waals surface area contributed by atoms with Crippen molar-refractivity contribution in [3.63, 3.8) is 0 Å². The molecule has 1 N–H and O–H groups in total. The van der Waals surface area contributed by atoms with Gasteiger partial charge in [-0.05, 0) is 30.5 Å².